The van der Waals surface area contributed by atoms with Crippen LogP contribution in [0.25, 0.3) is 0 Å². The number of rotatable bonds is 6. The molecule has 0 aromatic carbocycles. The number of hydrogen-bond donors (Lipinski definition) is 0. The van der Waals surface area contributed by atoms with Crippen molar-refractivity contribution in [2.75, 3.05) is 33.9 Å². The Balaban J connectivity index is 1.83. The molecule has 0 amide bonds. The third-order valence-electron chi connectivity index (χ3n) is 3.60. The molecule has 1 atom stereocenters. The van der Waals surface area contributed by atoms with Crippen molar-refractivity contribution in [2.45, 2.75) is 25.8 Å². The van der Waals surface area contributed by atoms with Crippen LogP contribution in [0, 0.1) is 5.92 Å². The number of likely N-dealkylation sites (tertiary alicyclic amines) is 1. The van der Waals surface area contributed by atoms with Crippen molar-refractivity contribution in [1.82, 2.24) is 14.9 Å². The van der Waals surface area contributed by atoms with Crippen LogP contribution in [0.1, 0.15) is 24.8 Å². The van der Waals surface area contributed by atoms with E-state index in [9.17, 15) is 0 Å². The van der Waals surface area contributed by atoms with E-state index < -0.39 is 0 Å². The molecule has 0 spiro atoms. The summed E-state index contributed by atoms with van der Waals surface area (Å²) < 4.78 is 10.1. The Morgan fingerprint density at radius 1 is 1.32 bits per heavy atom. The zero-order valence-corrected chi connectivity index (χ0v) is 11.8. The van der Waals surface area contributed by atoms with E-state index in [4.69, 9.17) is 9.47 Å². The van der Waals surface area contributed by atoms with Gasteiger partial charge in [0.15, 0.2) is 0 Å². The standard InChI is InChI=1S/C14H23N3O2/c1-18-7-5-12-4-3-6-17(10-12)11-13-8-15-14(19-2)16-9-13/h8-9,12H,3-7,10-11H2,1-2H3. The van der Waals surface area contributed by atoms with Gasteiger partial charge in [0, 0.05) is 44.8 Å². The Kier molecular flexibility index (Phi) is 5.54. The molecular weight excluding hydrogens is 242 g/mol. The van der Waals surface area contributed by atoms with Crippen LogP contribution in [-0.2, 0) is 11.3 Å². The molecule has 0 bridgehead atoms. The van der Waals surface area contributed by atoms with Crippen LogP contribution in [0.4, 0.5) is 0 Å². The average molecular weight is 265 g/mol. The second kappa shape index (κ2) is 7.40. The first-order chi connectivity index (χ1) is 9.31. The normalized spacial score (nSPS) is 20.4. The van der Waals surface area contributed by atoms with E-state index in [1.165, 1.54) is 12.8 Å². The van der Waals surface area contributed by atoms with Crippen molar-refractivity contribution < 1.29 is 9.47 Å². The van der Waals surface area contributed by atoms with Crippen molar-refractivity contribution in [3.63, 3.8) is 0 Å². The molecule has 2 heterocycles. The van der Waals surface area contributed by atoms with Crippen molar-refractivity contribution in [2.24, 2.45) is 5.92 Å². The fourth-order valence-electron chi connectivity index (χ4n) is 2.60. The second-order valence-electron chi connectivity index (χ2n) is 5.10. The van der Waals surface area contributed by atoms with Crippen molar-refractivity contribution in [3.05, 3.63) is 18.0 Å². The number of piperidine rings is 1. The van der Waals surface area contributed by atoms with Gasteiger partial charge in [-0.2, -0.15) is 0 Å². The maximum atomic E-state index is 5.17. The van der Waals surface area contributed by atoms with Crippen LogP contribution in [0.2, 0.25) is 0 Å². The maximum Gasteiger partial charge on any atom is 0.316 e. The molecule has 106 valence electrons. The topological polar surface area (TPSA) is 47.5 Å². The van der Waals surface area contributed by atoms with Crippen LogP contribution in [0.3, 0.4) is 0 Å². The highest BCUT2D eigenvalue weighted by molar-refractivity contribution is 5.07. The zero-order chi connectivity index (χ0) is 13.5. The van der Waals surface area contributed by atoms with E-state index in [1.54, 1.807) is 14.2 Å². The van der Waals surface area contributed by atoms with Crippen LogP contribution in [0.15, 0.2) is 12.4 Å². The van der Waals surface area contributed by atoms with Crippen LogP contribution in [0.5, 0.6) is 6.01 Å². The highest BCUT2D eigenvalue weighted by atomic mass is 16.5. The molecule has 1 fully saturated rings. The Labute approximate surface area is 115 Å². The molecule has 5 heteroatoms. The minimum absolute atomic E-state index is 0.431. The van der Waals surface area contributed by atoms with Gasteiger partial charge in [-0.05, 0) is 31.7 Å². The smallest absolute Gasteiger partial charge is 0.316 e. The van der Waals surface area contributed by atoms with Gasteiger partial charge in [0.25, 0.3) is 0 Å². The molecule has 0 aliphatic carbocycles. The molecule has 1 saturated heterocycles. The molecule has 5 nitrogen and oxygen atoms in total. The summed E-state index contributed by atoms with van der Waals surface area (Å²) in [6, 6.07) is 0.431. The Morgan fingerprint density at radius 3 is 2.79 bits per heavy atom. The number of methoxy groups -OCH3 is 2. The predicted octanol–water partition coefficient (Wildman–Crippen LogP) is 1.73. The molecule has 2 rings (SSSR count). The van der Waals surface area contributed by atoms with E-state index >= 15 is 0 Å². The molecule has 1 aromatic rings. The van der Waals surface area contributed by atoms with Gasteiger partial charge in [-0.15, -0.1) is 0 Å². The second-order valence-corrected chi connectivity index (χ2v) is 5.10. The summed E-state index contributed by atoms with van der Waals surface area (Å²) in [7, 11) is 3.36. The summed E-state index contributed by atoms with van der Waals surface area (Å²) in [5, 5.41) is 0. The first kappa shape index (κ1) is 14.2. The number of hydrogen-bond acceptors (Lipinski definition) is 5. The summed E-state index contributed by atoms with van der Waals surface area (Å²) >= 11 is 0. The van der Waals surface area contributed by atoms with Crippen molar-refractivity contribution in [1.29, 1.82) is 0 Å². The third kappa shape index (κ3) is 4.44. The highest BCUT2D eigenvalue weighted by Crippen LogP contribution is 2.21. The van der Waals surface area contributed by atoms with Crippen LogP contribution >= 0.6 is 0 Å². The molecular formula is C14H23N3O2. The number of aromatic nitrogens is 2. The van der Waals surface area contributed by atoms with Gasteiger partial charge in [0.05, 0.1) is 7.11 Å². The minimum atomic E-state index is 0.431. The summed E-state index contributed by atoms with van der Waals surface area (Å²) in [5.74, 6) is 0.757. The van der Waals surface area contributed by atoms with E-state index in [0.29, 0.717) is 6.01 Å². The predicted molar refractivity (Wildman–Crippen MR) is 73.1 cm³/mol. The molecule has 19 heavy (non-hydrogen) atoms. The maximum absolute atomic E-state index is 5.17. The van der Waals surface area contributed by atoms with E-state index in [2.05, 4.69) is 14.9 Å². The van der Waals surface area contributed by atoms with E-state index in [-0.39, 0.29) is 0 Å². The Hall–Kier alpha value is -1.20. The lowest BCUT2D eigenvalue weighted by Gasteiger charge is -2.32. The fraction of sp³-hybridized carbons (Fsp3) is 0.714. The Bertz CT molecular complexity index is 369. The highest BCUT2D eigenvalue weighted by Gasteiger charge is 2.19. The minimum Gasteiger partial charge on any atom is -0.467 e. The Morgan fingerprint density at radius 2 is 2.11 bits per heavy atom. The van der Waals surface area contributed by atoms with Gasteiger partial charge in [0.1, 0.15) is 0 Å². The monoisotopic (exact) mass is 265 g/mol. The van der Waals surface area contributed by atoms with Gasteiger partial charge in [-0.3, -0.25) is 4.90 Å². The van der Waals surface area contributed by atoms with Gasteiger partial charge in [-0.1, -0.05) is 0 Å². The lowest BCUT2D eigenvalue weighted by atomic mass is 9.95. The zero-order valence-electron chi connectivity index (χ0n) is 11.8. The summed E-state index contributed by atoms with van der Waals surface area (Å²) in [4.78, 5) is 10.8. The van der Waals surface area contributed by atoms with Gasteiger partial charge in [0.2, 0.25) is 0 Å². The third-order valence-corrected chi connectivity index (χ3v) is 3.60. The van der Waals surface area contributed by atoms with Gasteiger partial charge < -0.3 is 9.47 Å². The van der Waals surface area contributed by atoms with E-state index in [0.717, 1.165) is 44.1 Å². The first-order valence-electron chi connectivity index (χ1n) is 6.88. The van der Waals surface area contributed by atoms with Crippen molar-refractivity contribution in [3.8, 4) is 6.01 Å². The van der Waals surface area contributed by atoms with Crippen LogP contribution in [-0.4, -0.2) is 48.8 Å². The molecule has 1 aliphatic rings. The lowest BCUT2D eigenvalue weighted by molar-refractivity contribution is 0.123. The first-order valence-corrected chi connectivity index (χ1v) is 6.88. The molecule has 0 radical (unpaired) electrons. The largest absolute Gasteiger partial charge is 0.467 e. The van der Waals surface area contributed by atoms with Crippen molar-refractivity contribution >= 4 is 0 Å². The van der Waals surface area contributed by atoms with Gasteiger partial charge >= 0.3 is 6.01 Å². The van der Waals surface area contributed by atoms with Crippen LogP contribution < -0.4 is 4.74 Å². The average Bonchev–Trinajstić information content (AvgIpc) is 2.46. The molecule has 1 aliphatic heterocycles. The quantitative estimate of drug-likeness (QED) is 0.784. The molecule has 1 unspecified atom stereocenters. The fourth-order valence-corrected chi connectivity index (χ4v) is 2.60. The lowest BCUT2D eigenvalue weighted by Crippen LogP contribution is -2.35. The van der Waals surface area contributed by atoms with Gasteiger partial charge in [-0.25, -0.2) is 9.97 Å². The summed E-state index contributed by atoms with van der Waals surface area (Å²) in [6.45, 7) is 4.10. The summed E-state index contributed by atoms with van der Waals surface area (Å²) in [6.07, 6.45) is 7.45. The number of nitrogens with zero attached hydrogens (tertiary/aromatic N) is 3. The SMILES string of the molecule is COCCC1CCCN(Cc2cnc(OC)nc2)C1. The molecule has 0 N–H and O–H groups in total. The number of ether oxygens (including phenoxy) is 2. The van der Waals surface area contributed by atoms with E-state index in [1.807, 2.05) is 12.4 Å². The molecule has 1 aromatic heterocycles. The molecule has 0 saturated carbocycles. The summed E-state index contributed by atoms with van der Waals surface area (Å²) in [5.41, 5.74) is 1.15.